The Morgan fingerprint density at radius 2 is 1.40 bits per heavy atom. The fraction of sp³-hybridized carbons (Fsp3) is 0.300. The molecule has 0 radical (unpaired) electrons. The largest absolute Gasteiger partial charge is 0.324 e. The first-order chi connectivity index (χ1) is 12.0. The van der Waals surface area contributed by atoms with E-state index in [4.69, 9.17) is 0 Å². The van der Waals surface area contributed by atoms with Gasteiger partial charge in [0.2, 0.25) is 0 Å². The van der Waals surface area contributed by atoms with E-state index in [1.807, 2.05) is 36.4 Å². The number of carbonyl (C=O) groups is 2. The number of nitrogens with one attached hydrogen (secondary N) is 1. The molecule has 3 rings (SSSR count). The van der Waals surface area contributed by atoms with Crippen molar-refractivity contribution in [2.75, 3.05) is 13.6 Å². The molecule has 0 saturated carbocycles. The fourth-order valence-corrected chi connectivity index (χ4v) is 3.24. The van der Waals surface area contributed by atoms with Crippen molar-refractivity contribution in [1.82, 2.24) is 15.1 Å². The van der Waals surface area contributed by atoms with Gasteiger partial charge in [0.05, 0.1) is 0 Å². The third-order valence-corrected chi connectivity index (χ3v) is 4.50. The van der Waals surface area contributed by atoms with Crippen LogP contribution >= 0.6 is 0 Å². The average Bonchev–Trinajstić information content (AvgIpc) is 2.79. The molecule has 0 bridgehead atoms. The van der Waals surface area contributed by atoms with Crippen LogP contribution in [-0.4, -0.2) is 40.9 Å². The van der Waals surface area contributed by atoms with Gasteiger partial charge in [0.25, 0.3) is 5.91 Å². The molecule has 1 atom stereocenters. The number of likely N-dealkylation sites (N-methyl/N-ethyl adjacent to an activating group) is 1. The van der Waals surface area contributed by atoms with E-state index in [-0.39, 0.29) is 11.9 Å². The summed E-state index contributed by atoms with van der Waals surface area (Å²) in [5, 5.41) is 2.83. The highest BCUT2D eigenvalue weighted by atomic mass is 16.2. The number of rotatable bonds is 6. The summed E-state index contributed by atoms with van der Waals surface area (Å²) in [6.07, 6.45) is 0. The van der Waals surface area contributed by atoms with E-state index in [9.17, 15) is 9.59 Å². The van der Waals surface area contributed by atoms with Crippen LogP contribution in [0.25, 0.3) is 0 Å². The van der Waals surface area contributed by atoms with Crippen molar-refractivity contribution in [2.24, 2.45) is 0 Å². The molecule has 1 heterocycles. The summed E-state index contributed by atoms with van der Waals surface area (Å²) in [5.74, 6) is -0.191. The Morgan fingerprint density at radius 3 is 1.80 bits per heavy atom. The SMILES string of the molecule is CN1C(=O)NC(C)(CN(Cc2ccccc2)Cc2ccccc2)C1=O. The molecule has 0 aromatic heterocycles. The van der Waals surface area contributed by atoms with Crippen LogP contribution in [0.4, 0.5) is 4.79 Å². The number of carbonyl (C=O) groups excluding carboxylic acids is 2. The second kappa shape index (κ2) is 7.07. The van der Waals surface area contributed by atoms with Gasteiger partial charge in [-0.2, -0.15) is 0 Å². The van der Waals surface area contributed by atoms with E-state index < -0.39 is 5.54 Å². The highest BCUT2D eigenvalue weighted by Gasteiger charge is 2.46. The van der Waals surface area contributed by atoms with Gasteiger partial charge in [-0.15, -0.1) is 0 Å². The predicted octanol–water partition coefficient (Wildman–Crippen LogP) is 2.63. The van der Waals surface area contributed by atoms with E-state index in [1.54, 1.807) is 6.92 Å². The molecule has 5 nitrogen and oxygen atoms in total. The molecule has 3 amide bonds. The van der Waals surface area contributed by atoms with Crippen molar-refractivity contribution in [3.63, 3.8) is 0 Å². The van der Waals surface area contributed by atoms with Crippen molar-refractivity contribution in [1.29, 1.82) is 0 Å². The lowest BCUT2D eigenvalue weighted by atomic mass is 10.0. The van der Waals surface area contributed by atoms with Gasteiger partial charge in [0.1, 0.15) is 5.54 Å². The smallest absolute Gasteiger partial charge is 0.322 e. The first kappa shape index (κ1) is 17.2. The van der Waals surface area contributed by atoms with E-state index in [1.165, 1.54) is 18.2 Å². The minimum Gasteiger partial charge on any atom is -0.322 e. The molecule has 5 heteroatoms. The molecule has 0 aliphatic carbocycles. The minimum atomic E-state index is -0.907. The highest BCUT2D eigenvalue weighted by Crippen LogP contribution is 2.20. The number of hydrogen-bond acceptors (Lipinski definition) is 3. The van der Waals surface area contributed by atoms with Gasteiger partial charge < -0.3 is 5.32 Å². The van der Waals surface area contributed by atoms with Gasteiger partial charge in [0, 0.05) is 26.7 Å². The van der Waals surface area contributed by atoms with Crippen molar-refractivity contribution < 1.29 is 9.59 Å². The third-order valence-electron chi connectivity index (χ3n) is 4.50. The number of urea groups is 1. The zero-order chi connectivity index (χ0) is 17.9. The molecule has 1 unspecified atom stereocenters. The molecule has 1 aliphatic heterocycles. The maximum atomic E-state index is 12.5. The topological polar surface area (TPSA) is 52.7 Å². The average molecular weight is 337 g/mol. The number of hydrogen-bond donors (Lipinski definition) is 1. The summed E-state index contributed by atoms with van der Waals surface area (Å²) in [6.45, 7) is 3.65. The summed E-state index contributed by atoms with van der Waals surface area (Å²) in [6, 6.07) is 20.0. The molecule has 25 heavy (non-hydrogen) atoms. The highest BCUT2D eigenvalue weighted by molar-refractivity contribution is 6.06. The van der Waals surface area contributed by atoms with Crippen LogP contribution in [0.1, 0.15) is 18.1 Å². The van der Waals surface area contributed by atoms with E-state index in [2.05, 4.69) is 34.5 Å². The minimum absolute atomic E-state index is 0.191. The molecule has 2 aromatic rings. The molecule has 130 valence electrons. The second-order valence-electron chi connectivity index (χ2n) is 6.74. The number of amides is 3. The zero-order valence-corrected chi connectivity index (χ0v) is 14.6. The van der Waals surface area contributed by atoms with E-state index >= 15 is 0 Å². The Balaban J connectivity index is 1.81. The summed E-state index contributed by atoms with van der Waals surface area (Å²) in [4.78, 5) is 27.7. The van der Waals surface area contributed by atoms with Gasteiger partial charge in [-0.25, -0.2) is 4.79 Å². The first-order valence-corrected chi connectivity index (χ1v) is 8.38. The van der Waals surface area contributed by atoms with Gasteiger partial charge in [-0.3, -0.25) is 14.6 Å². The molecule has 1 fully saturated rings. The number of benzene rings is 2. The lowest BCUT2D eigenvalue weighted by Gasteiger charge is -2.30. The molecule has 0 spiro atoms. The van der Waals surface area contributed by atoms with Crippen LogP contribution in [0.15, 0.2) is 60.7 Å². The zero-order valence-electron chi connectivity index (χ0n) is 14.6. The summed E-state index contributed by atoms with van der Waals surface area (Å²) in [5.41, 5.74) is 1.44. The van der Waals surface area contributed by atoms with Crippen LogP contribution in [0.5, 0.6) is 0 Å². The van der Waals surface area contributed by atoms with Crippen LogP contribution in [-0.2, 0) is 17.9 Å². The van der Waals surface area contributed by atoms with Crippen LogP contribution < -0.4 is 5.32 Å². The fourth-order valence-electron chi connectivity index (χ4n) is 3.24. The maximum absolute atomic E-state index is 12.5. The Hall–Kier alpha value is -2.66. The standard InChI is InChI=1S/C20H23N3O2/c1-20(18(24)22(2)19(25)21-20)15-23(13-16-9-5-3-6-10-16)14-17-11-7-4-8-12-17/h3-12H,13-15H2,1-2H3,(H,21,25). The normalized spacial score (nSPS) is 20.2. The summed E-state index contributed by atoms with van der Waals surface area (Å²) >= 11 is 0. The van der Waals surface area contributed by atoms with Crippen molar-refractivity contribution >= 4 is 11.9 Å². The molecule has 1 N–H and O–H groups in total. The molecule has 2 aromatic carbocycles. The van der Waals surface area contributed by atoms with Crippen LogP contribution in [0.3, 0.4) is 0 Å². The maximum Gasteiger partial charge on any atom is 0.324 e. The Labute approximate surface area is 148 Å². The Morgan fingerprint density at radius 1 is 0.920 bits per heavy atom. The lowest BCUT2D eigenvalue weighted by molar-refractivity contribution is -0.130. The van der Waals surface area contributed by atoms with E-state index in [0.717, 1.165) is 4.90 Å². The van der Waals surface area contributed by atoms with Crippen LogP contribution in [0.2, 0.25) is 0 Å². The Kier molecular flexibility index (Phi) is 4.86. The number of nitrogens with zero attached hydrogens (tertiary/aromatic N) is 2. The van der Waals surface area contributed by atoms with Gasteiger partial charge >= 0.3 is 6.03 Å². The predicted molar refractivity (Wildman–Crippen MR) is 96.7 cm³/mol. The monoisotopic (exact) mass is 337 g/mol. The molecular weight excluding hydrogens is 314 g/mol. The van der Waals surface area contributed by atoms with Crippen molar-refractivity contribution in [3.8, 4) is 0 Å². The molecule has 1 aliphatic rings. The van der Waals surface area contributed by atoms with Gasteiger partial charge in [-0.05, 0) is 18.1 Å². The summed E-state index contributed by atoms with van der Waals surface area (Å²) < 4.78 is 0. The first-order valence-electron chi connectivity index (χ1n) is 8.38. The molecular formula is C20H23N3O2. The Bertz CT molecular complexity index is 707. The van der Waals surface area contributed by atoms with E-state index in [0.29, 0.717) is 19.6 Å². The van der Waals surface area contributed by atoms with Crippen molar-refractivity contribution in [3.05, 3.63) is 71.8 Å². The van der Waals surface area contributed by atoms with Gasteiger partial charge in [-0.1, -0.05) is 60.7 Å². The van der Waals surface area contributed by atoms with Crippen LogP contribution in [0, 0.1) is 0 Å². The lowest BCUT2D eigenvalue weighted by Crippen LogP contribution is -2.52. The van der Waals surface area contributed by atoms with Crippen molar-refractivity contribution in [2.45, 2.75) is 25.6 Å². The van der Waals surface area contributed by atoms with Gasteiger partial charge in [0.15, 0.2) is 0 Å². The quantitative estimate of drug-likeness (QED) is 0.825. The third kappa shape index (κ3) is 3.88. The number of imide groups is 1. The molecule has 1 saturated heterocycles. The summed E-state index contributed by atoms with van der Waals surface area (Å²) in [7, 11) is 1.52. The second-order valence-corrected chi connectivity index (χ2v) is 6.74.